The molecule has 0 N–H and O–H groups in total. The van der Waals surface area contributed by atoms with Gasteiger partial charge in [0.2, 0.25) is 0 Å². The second kappa shape index (κ2) is 6.42. The first-order valence-corrected chi connectivity index (χ1v) is 10.2. The van der Waals surface area contributed by atoms with Crippen molar-refractivity contribution in [1.29, 1.82) is 0 Å². The van der Waals surface area contributed by atoms with Crippen LogP contribution in [-0.2, 0) is 6.42 Å². The average Bonchev–Trinajstić information content (AvgIpc) is 3.57. The number of hydrogen-bond donors (Lipinski definition) is 0. The zero-order chi connectivity index (χ0) is 18.7. The molecule has 7 heteroatoms. The first kappa shape index (κ1) is 17.4. The van der Waals surface area contributed by atoms with E-state index in [1.54, 1.807) is 0 Å². The number of nitrogens with zero attached hydrogens (tertiary/aromatic N) is 4. The molecule has 2 aromatic heterocycles. The number of hydrogen-bond acceptors (Lipinski definition) is 3. The Kier molecular flexibility index (Phi) is 4.13. The quantitative estimate of drug-likeness (QED) is 0.499. The standard InChI is InChI=1S/C20H19Cl2FN4/c1-2-16-26-18-17(12-7-15(23)14(22)8-13(12)21)24-9-25-20(18)27(16)19(10-3-4-10)11-5-6-11/h7-11,19H,2-6H2,1H3. The Hall–Kier alpha value is -1.72. The Morgan fingerprint density at radius 2 is 1.81 bits per heavy atom. The molecule has 0 aliphatic heterocycles. The van der Waals surface area contributed by atoms with Gasteiger partial charge in [-0.1, -0.05) is 30.1 Å². The van der Waals surface area contributed by atoms with Crippen molar-refractivity contribution in [2.24, 2.45) is 11.8 Å². The number of halogens is 3. The molecule has 0 atom stereocenters. The van der Waals surface area contributed by atoms with Crippen LogP contribution in [0.4, 0.5) is 4.39 Å². The topological polar surface area (TPSA) is 43.6 Å². The molecular formula is C20H19Cl2FN4. The van der Waals surface area contributed by atoms with E-state index < -0.39 is 5.82 Å². The van der Waals surface area contributed by atoms with Crippen LogP contribution >= 0.6 is 23.2 Å². The summed E-state index contributed by atoms with van der Waals surface area (Å²) < 4.78 is 16.4. The molecule has 140 valence electrons. The lowest BCUT2D eigenvalue weighted by molar-refractivity contribution is 0.391. The molecule has 2 aliphatic carbocycles. The van der Waals surface area contributed by atoms with E-state index in [2.05, 4.69) is 21.5 Å². The van der Waals surface area contributed by atoms with Crippen LogP contribution in [0.15, 0.2) is 18.5 Å². The molecule has 2 saturated carbocycles. The fraction of sp³-hybridized carbons (Fsp3) is 0.450. The maximum atomic E-state index is 14.1. The Morgan fingerprint density at radius 3 is 2.44 bits per heavy atom. The SMILES string of the molecule is CCc1nc2c(-c3cc(F)c(Cl)cc3Cl)ncnc2n1C(C1CC1)C1CC1. The molecule has 3 aromatic rings. The van der Waals surface area contributed by atoms with Crippen molar-refractivity contribution in [3.05, 3.63) is 40.1 Å². The molecule has 5 rings (SSSR count). The number of fused-ring (bicyclic) bond motifs is 1. The van der Waals surface area contributed by atoms with Crippen LogP contribution in [0.2, 0.25) is 10.0 Å². The summed E-state index contributed by atoms with van der Waals surface area (Å²) in [5.74, 6) is 1.93. The molecule has 0 spiro atoms. The van der Waals surface area contributed by atoms with E-state index in [0.29, 0.717) is 27.8 Å². The first-order chi connectivity index (χ1) is 13.1. The third-order valence-corrected chi connectivity index (χ3v) is 6.24. The van der Waals surface area contributed by atoms with Gasteiger partial charge < -0.3 is 4.57 Å². The van der Waals surface area contributed by atoms with E-state index >= 15 is 0 Å². The summed E-state index contributed by atoms with van der Waals surface area (Å²) in [6.45, 7) is 2.11. The van der Waals surface area contributed by atoms with Crippen LogP contribution in [-0.4, -0.2) is 19.5 Å². The van der Waals surface area contributed by atoms with Crippen molar-refractivity contribution in [3.63, 3.8) is 0 Å². The molecule has 2 aliphatic rings. The van der Waals surface area contributed by atoms with Gasteiger partial charge in [-0.15, -0.1) is 0 Å². The highest BCUT2D eigenvalue weighted by Crippen LogP contribution is 2.53. The van der Waals surface area contributed by atoms with Gasteiger partial charge in [0.05, 0.1) is 10.0 Å². The van der Waals surface area contributed by atoms with Gasteiger partial charge in [0, 0.05) is 18.0 Å². The number of aromatic nitrogens is 4. The molecule has 2 fully saturated rings. The van der Waals surface area contributed by atoms with Crippen molar-refractivity contribution in [3.8, 4) is 11.3 Å². The van der Waals surface area contributed by atoms with E-state index in [9.17, 15) is 4.39 Å². The lowest BCUT2D eigenvalue weighted by atomic mass is 10.1. The summed E-state index contributed by atoms with van der Waals surface area (Å²) >= 11 is 12.2. The second-order valence-corrected chi connectivity index (χ2v) is 8.37. The molecular weight excluding hydrogens is 386 g/mol. The molecule has 27 heavy (non-hydrogen) atoms. The fourth-order valence-electron chi connectivity index (χ4n) is 4.10. The van der Waals surface area contributed by atoms with Crippen LogP contribution in [0.5, 0.6) is 0 Å². The molecule has 0 radical (unpaired) electrons. The second-order valence-electron chi connectivity index (χ2n) is 7.56. The summed E-state index contributed by atoms with van der Waals surface area (Å²) in [5.41, 5.74) is 2.56. The van der Waals surface area contributed by atoms with E-state index in [0.717, 1.165) is 29.7 Å². The van der Waals surface area contributed by atoms with E-state index in [1.165, 1.54) is 44.1 Å². The van der Waals surface area contributed by atoms with Gasteiger partial charge in [-0.25, -0.2) is 19.3 Å². The van der Waals surface area contributed by atoms with Crippen molar-refractivity contribution in [1.82, 2.24) is 19.5 Å². The Bertz CT molecular complexity index is 1030. The summed E-state index contributed by atoms with van der Waals surface area (Å²) in [7, 11) is 0. The average molecular weight is 405 g/mol. The van der Waals surface area contributed by atoms with Gasteiger partial charge in [-0.05, 0) is 49.7 Å². The van der Waals surface area contributed by atoms with Crippen molar-refractivity contribution >= 4 is 34.4 Å². The summed E-state index contributed by atoms with van der Waals surface area (Å²) in [6, 6.07) is 3.21. The zero-order valence-corrected chi connectivity index (χ0v) is 16.4. The fourth-order valence-corrected chi connectivity index (χ4v) is 4.57. The lowest BCUT2D eigenvalue weighted by Crippen LogP contribution is -2.16. The molecule has 0 unspecified atom stereocenters. The van der Waals surface area contributed by atoms with Crippen LogP contribution in [0, 0.1) is 17.7 Å². The molecule has 0 bridgehead atoms. The van der Waals surface area contributed by atoms with E-state index in [1.807, 2.05) is 0 Å². The third kappa shape index (κ3) is 2.92. The Balaban J connectivity index is 1.73. The summed E-state index contributed by atoms with van der Waals surface area (Å²) in [4.78, 5) is 13.8. The monoisotopic (exact) mass is 404 g/mol. The van der Waals surface area contributed by atoms with E-state index in [4.69, 9.17) is 28.2 Å². The van der Waals surface area contributed by atoms with Gasteiger partial charge in [0.25, 0.3) is 0 Å². The highest BCUT2D eigenvalue weighted by atomic mass is 35.5. The number of imidazole rings is 1. The van der Waals surface area contributed by atoms with Crippen molar-refractivity contribution < 1.29 is 4.39 Å². The smallest absolute Gasteiger partial charge is 0.164 e. The van der Waals surface area contributed by atoms with Gasteiger partial charge in [0.1, 0.15) is 29.2 Å². The number of aryl methyl sites for hydroxylation is 1. The molecule has 0 saturated heterocycles. The van der Waals surface area contributed by atoms with Gasteiger partial charge in [0.15, 0.2) is 5.65 Å². The minimum Gasteiger partial charge on any atom is -0.309 e. The minimum atomic E-state index is -0.521. The number of benzene rings is 1. The van der Waals surface area contributed by atoms with Crippen molar-refractivity contribution in [2.45, 2.75) is 45.1 Å². The van der Waals surface area contributed by atoms with Crippen LogP contribution in [0.3, 0.4) is 0 Å². The highest BCUT2D eigenvalue weighted by molar-refractivity contribution is 6.36. The predicted octanol–water partition coefficient (Wildman–Crippen LogP) is 5.86. The van der Waals surface area contributed by atoms with Gasteiger partial charge in [-0.3, -0.25) is 0 Å². The largest absolute Gasteiger partial charge is 0.309 e. The Morgan fingerprint density at radius 1 is 1.11 bits per heavy atom. The first-order valence-electron chi connectivity index (χ1n) is 9.45. The lowest BCUT2D eigenvalue weighted by Gasteiger charge is -2.20. The van der Waals surface area contributed by atoms with E-state index in [-0.39, 0.29) is 5.02 Å². The third-order valence-electron chi connectivity index (χ3n) is 5.64. The molecule has 1 aromatic carbocycles. The maximum absolute atomic E-state index is 14.1. The normalized spacial score (nSPS) is 17.2. The Labute approximate surface area is 166 Å². The minimum absolute atomic E-state index is 0.00337. The van der Waals surface area contributed by atoms with Gasteiger partial charge in [-0.2, -0.15) is 0 Å². The van der Waals surface area contributed by atoms with Crippen LogP contribution < -0.4 is 0 Å². The van der Waals surface area contributed by atoms with Crippen LogP contribution in [0.1, 0.15) is 44.5 Å². The summed E-state index contributed by atoms with van der Waals surface area (Å²) in [6.07, 6.45) is 7.43. The van der Waals surface area contributed by atoms with Gasteiger partial charge >= 0.3 is 0 Å². The predicted molar refractivity (Wildman–Crippen MR) is 105 cm³/mol. The van der Waals surface area contributed by atoms with Crippen LogP contribution in [0.25, 0.3) is 22.4 Å². The maximum Gasteiger partial charge on any atom is 0.164 e. The molecule has 4 nitrogen and oxygen atoms in total. The zero-order valence-electron chi connectivity index (χ0n) is 14.9. The molecule has 2 heterocycles. The van der Waals surface area contributed by atoms with Crippen molar-refractivity contribution in [2.75, 3.05) is 0 Å². The highest BCUT2D eigenvalue weighted by Gasteiger charge is 2.44. The number of rotatable bonds is 5. The summed E-state index contributed by atoms with van der Waals surface area (Å²) in [5, 5.41) is 0.353. The molecule has 0 amide bonds.